The maximum Gasteiger partial charge on any atom is 0.225 e. The molecule has 1 N–H and O–H groups in total. The number of anilines is 1. The van der Waals surface area contributed by atoms with E-state index in [0.29, 0.717) is 0 Å². The summed E-state index contributed by atoms with van der Waals surface area (Å²) in [6, 6.07) is 4.29. The Bertz CT molecular complexity index is 661. The highest BCUT2D eigenvalue weighted by Gasteiger charge is 2.19. The number of amides is 1. The summed E-state index contributed by atoms with van der Waals surface area (Å²) in [7, 11) is 0. The number of thiazole rings is 1. The average Bonchev–Trinajstić information content (AvgIpc) is 2.87. The van der Waals surface area contributed by atoms with Gasteiger partial charge in [-0.1, -0.05) is 17.4 Å². The maximum absolute atomic E-state index is 12.0. The zero-order chi connectivity index (χ0) is 16.3. The van der Waals surface area contributed by atoms with Crippen LogP contribution in [-0.4, -0.2) is 37.1 Å². The monoisotopic (exact) mass is 320 g/mol. The van der Waals surface area contributed by atoms with Gasteiger partial charge in [-0.15, -0.1) is 0 Å². The molecule has 0 fully saturated rings. The van der Waals surface area contributed by atoms with Gasteiger partial charge in [0, 0.05) is 6.92 Å². The molecule has 4 nitrogen and oxygen atoms in total. The minimum Gasteiger partial charge on any atom is -0.334 e. The number of carbonyl (C=O) groups is 1. The highest BCUT2D eigenvalue weighted by molar-refractivity contribution is 7.22. The van der Waals surface area contributed by atoms with Crippen molar-refractivity contribution in [2.24, 2.45) is 0 Å². The van der Waals surface area contributed by atoms with Crippen LogP contribution in [0.5, 0.6) is 0 Å². The van der Waals surface area contributed by atoms with Gasteiger partial charge < -0.3 is 4.90 Å². The number of likely N-dealkylation sites (N-methyl/N-ethyl adjacent to an activating group) is 1. The first-order chi connectivity index (χ1) is 10.5. The van der Waals surface area contributed by atoms with Crippen LogP contribution in [0, 0.1) is 13.8 Å². The van der Waals surface area contributed by atoms with Crippen LogP contribution in [0.25, 0.3) is 10.2 Å². The number of carbonyl (C=O) groups excluding carboxylic acids is 1. The van der Waals surface area contributed by atoms with Crippen molar-refractivity contribution in [3.63, 3.8) is 0 Å². The van der Waals surface area contributed by atoms with Gasteiger partial charge in [-0.3, -0.25) is 9.69 Å². The van der Waals surface area contributed by atoms with E-state index in [1.807, 2.05) is 4.90 Å². The van der Waals surface area contributed by atoms with Crippen molar-refractivity contribution in [3.05, 3.63) is 23.3 Å². The highest BCUT2D eigenvalue weighted by Crippen LogP contribution is 2.31. The Balaban J connectivity index is 2.29. The molecule has 0 aliphatic heterocycles. The van der Waals surface area contributed by atoms with Gasteiger partial charge in [-0.05, 0) is 44.9 Å². The number of nitrogens with zero attached hydrogens (tertiary/aromatic N) is 2. The topological polar surface area (TPSA) is 37.6 Å². The van der Waals surface area contributed by atoms with Crippen LogP contribution in [0.1, 0.15) is 31.9 Å². The summed E-state index contributed by atoms with van der Waals surface area (Å²) in [4.78, 5) is 20.1. The van der Waals surface area contributed by atoms with E-state index in [4.69, 9.17) is 4.98 Å². The van der Waals surface area contributed by atoms with E-state index in [-0.39, 0.29) is 5.91 Å². The largest absolute Gasteiger partial charge is 0.334 e. The highest BCUT2D eigenvalue weighted by atomic mass is 32.1. The molecule has 0 saturated carbocycles. The van der Waals surface area contributed by atoms with Gasteiger partial charge in [0.2, 0.25) is 5.91 Å². The van der Waals surface area contributed by atoms with Crippen molar-refractivity contribution in [1.29, 1.82) is 0 Å². The first-order valence-corrected chi connectivity index (χ1v) is 8.77. The molecule has 0 unspecified atom stereocenters. The molecule has 0 aliphatic rings. The Labute approximate surface area is 136 Å². The second-order valence-electron chi connectivity index (χ2n) is 5.80. The van der Waals surface area contributed by atoms with Crippen molar-refractivity contribution in [3.8, 4) is 0 Å². The Kier molecular flexibility index (Phi) is 5.53. The van der Waals surface area contributed by atoms with Crippen LogP contribution in [0.4, 0.5) is 5.13 Å². The quantitative estimate of drug-likeness (QED) is 0.886. The fraction of sp³-hybridized carbons (Fsp3) is 0.529. The Morgan fingerprint density at radius 1 is 1.27 bits per heavy atom. The predicted octanol–water partition coefficient (Wildman–Crippen LogP) is 2.19. The summed E-state index contributed by atoms with van der Waals surface area (Å²) in [5.41, 5.74) is 3.43. The van der Waals surface area contributed by atoms with Crippen molar-refractivity contribution in [2.45, 2.75) is 34.6 Å². The maximum atomic E-state index is 12.0. The minimum atomic E-state index is 0.0694. The number of nitrogens with one attached hydrogen (secondary N) is 1. The smallest absolute Gasteiger partial charge is 0.225 e. The molecule has 1 amide bonds. The Hall–Kier alpha value is -1.46. The first-order valence-electron chi connectivity index (χ1n) is 7.95. The molecule has 0 radical (unpaired) electrons. The van der Waals surface area contributed by atoms with E-state index < -0.39 is 0 Å². The number of benzene rings is 1. The zero-order valence-electron chi connectivity index (χ0n) is 14.2. The Morgan fingerprint density at radius 3 is 2.55 bits per heavy atom. The van der Waals surface area contributed by atoms with Crippen LogP contribution in [0.3, 0.4) is 0 Å². The first kappa shape index (κ1) is 16.9. The number of quaternary nitrogens is 1. The van der Waals surface area contributed by atoms with Crippen molar-refractivity contribution in [1.82, 2.24) is 4.98 Å². The van der Waals surface area contributed by atoms with Crippen molar-refractivity contribution < 1.29 is 9.69 Å². The summed E-state index contributed by atoms with van der Waals surface area (Å²) in [5.74, 6) is 0.0694. The van der Waals surface area contributed by atoms with Gasteiger partial charge >= 0.3 is 0 Å². The van der Waals surface area contributed by atoms with Crippen molar-refractivity contribution >= 4 is 32.6 Å². The van der Waals surface area contributed by atoms with Gasteiger partial charge in [-0.25, -0.2) is 4.98 Å². The molecule has 120 valence electrons. The summed E-state index contributed by atoms with van der Waals surface area (Å²) in [5, 5.41) is 0.822. The molecule has 2 aromatic rings. The molecule has 2 rings (SSSR count). The normalized spacial score (nSPS) is 11.4. The van der Waals surface area contributed by atoms with Crippen molar-refractivity contribution in [2.75, 3.05) is 31.1 Å². The number of aryl methyl sites for hydroxylation is 2. The van der Waals surface area contributed by atoms with Gasteiger partial charge in [-0.2, -0.15) is 0 Å². The lowest BCUT2D eigenvalue weighted by Gasteiger charge is -2.21. The lowest BCUT2D eigenvalue weighted by Crippen LogP contribution is -3.12. The zero-order valence-corrected chi connectivity index (χ0v) is 15.0. The standard InChI is InChI=1S/C17H25N3OS/c1-6-19(7-2)8-9-20(14(5)21)17-18-16-13(4)10-12(3)11-15(16)22-17/h10-11H,6-9H2,1-5H3/p+1. The molecule has 1 aromatic heterocycles. The third kappa shape index (κ3) is 3.65. The molecule has 0 atom stereocenters. The molecule has 1 heterocycles. The number of aromatic nitrogens is 1. The molecule has 5 heteroatoms. The van der Waals surface area contributed by atoms with Crippen LogP contribution in [-0.2, 0) is 4.79 Å². The second-order valence-corrected chi connectivity index (χ2v) is 6.81. The van der Waals surface area contributed by atoms with Gasteiger partial charge in [0.25, 0.3) is 0 Å². The SMILES string of the molecule is CC[NH+](CC)CCN(C(C)=O)c1nc2c(C)cc(C)cc2s1. The van der Waals surface area contributed by atoms with Crippen LogP contribution >= 0.6 is 11.3 Å². The second kappa shape index (κ2) is 7.20. The van der Waals surface area contributed by atoms with Gasteiger partial charge in [0.05, 0.1) is 36.4 Å². The summed E-state index contributed by atoms with van der Waals surface area (Å²) < 4.78 is 1.16. The van der Waals surface area contributed by atoms with E-state index in [2.05, 4.69) is 39.8 Å². The lowest BCUT2D eigenvalue weighted by molar-refractivity contribution is -0.894. The lowest BCUT2D eigenvalue weighted by atomic mass is 10.1. The van der Waals surface area contributed by atoms with E-state index >= 15 is 0 Å². The molecule has 0 saturated heterocycles. The molecule has 1 aromatic carbocycles. The fourth-order valence-corrected chi connectivity index (χ4v) is 3.95. The molecular formula is C17H26N3OS+. The van der Waals surface area contributed by atoms with Crippen LogP contribution < -0.4 is 9.80 Å². The summed E-state index contributed by atoms with van der Waals surface area (Å²) in [6.07, 6.45) is 0. The average molecular weight is 320 g/mol. The van der Waals surface area contributed by atoms with E-state index in [0.717, 1.165) is 41.5 Å². The third-order valence-electron chi connectivity index (χ3n) is 4.12. The van der Waals surface area contributed by atoms with E-state index in [1.165, 1.54) is 16.0 Å². The molecule has 22 heavy (non-hydrogen) atoms. The minimum absolute atomic E-state index is 0.0694. The van der Waals surface area contributed by atoms with E-state index in [9.17, 15) is 4.79 Å². The van der Waals surface area contributed by atoms with E-state index in [1.54, 1.807) is 18.3 Å². The summed E-state index contributed by atoms with van der Waals surface area (Å²) in [6.45, 7) is 14.0. The Morgan fingerprint density at radius 2 is 1.95 bits per heavy atom. The number of hydrogen-bond donors (Lipinski definition) is 1. The van der Waals surface area contributed by atoms with Gasteiger partial charge in [0.1, 0.15) is 0 Å². The number of hydrogen-bond acceptors (Lipinski definition) is 3. The number of rotatable bonds is 6. The van der Waals surface area contributed by atoms with Crippen LogP contribution in [0.15, 0.2) is 12.1 Å². The summed E-state index contributed by atoms with van der Waals surface area (Å²) >= 11 is 1.61. The molecule has 0 spiro atoms. The fourth-order valence-electron chi connectivity index (χ4n) is 2.74. The van der Waals surface area contributed by atoms with Gasteiger partial charge in [0.15, 0.2) is 5.13 Å². The molecular weight excluding hydrogens is 294 g/mol. The van der Waals surface area contributed by atoms with Crippen LogP contribution in [0.2, 0.25) is 0 Å². The number of fused-ring (bicyclic) bond motifs is 1. The third-order valence-corrected chi connectivity index (χ3v) is 5.14. The molecule has 0 bridgehead atoms. The molecule has 0 aliphatic carbocycles. The predicted molar refractivity (Wildman–Crippen MR) is 94.0 cm³/mol.